The average Bonchev–Trinajstić information content (AvgIpc) is 3.24. The average molecular weight is 396 g/mol. The molecule has 2 aromatic heterocycles. The fourth-order valence-electron chi connectivity index (χ4n) is 2.69. The number of hydrogen-bond acceptors (Lipinski definition) is 8. The van der Waals surface area contributed by atoms with Crippen LogP contribution in [0.4, 0.5) is 5.13 Å². The molecule has 28 heavy (non-hydrogen) atoms. The Bertz CT molecular complexity index is 1100. The summed E-state index contributed by atoms with van der Waals surface area (Å²) >= 11 is 1.13. The maximum Gasteiger partial charge on any atom is 0.277 e. The second kappa shape index (κ2) is 7.12. The van der Waals surface area contributed by atoms with Crippen LogP contribution in [0.5, 0.6) is 0 Å². The molecule has 10 nitrogen and oxygen atoms in total. The Labute approximate surface area is 161 Å². The summed E-state index contributed by atoms with van der Waals surface area (Å²) in [5, 5.41) is 17.0. The Balaban J connectivity index is 1.39. The Morgan fingerprint density at radius 2 is 1.75 bits per heavy atom. The van der Waals surface area contributed by atoms with E-state index in [-0.39, 0.29) is 29.2 Å². The van der Waals surface area contributed by atoms with Crippen LogP contribution in [0.15, 0.2) is 41.2 Å². The van der Waals surface area contributed by atoms with Crippen molar-refractivity contribution in [1.29, 1.82) is 0 Å². The van der Waals surface area contributed by atoms with E-state index in [1.165, 1.54) is 17.0 Å². The van der Waals surface area contributed by atoms with Gasteiger partial charge < -0.3 is 0 Å². The van der Waals surface area contributed by atoms with Gasteiger partial charge in [0, 0.05) is 19.0 Å². The smallest absolute Gasteiger partial charge is 0.277 e. The first-order chi connectivity index (χ1) is 13.5. The summed E-state index contributed by atoms with van der Waals surface area (Å²) in [6.07, 6.45) is 0.315. The van der Waals surface area contributed by atoms with Gasteiger partial charge in [0.1, 0.15) is 10.7 Å². The van der Waals surface area contributed by atoms with E-state index in [4.69, 9.17) is 0 Å². The number of carbonyl (C=O) groups excluding carboxylic acids is 3. The molecule has 0 radical (unpaired) electrons. The number of nitrogens with zero attached hydrogens (tertiary/aromatic N) is 4. The highest BCUT2D eigenvalue weighted by atomic mass is 32.1. The Kier molecular flexibility index (Phi) is 4.49. The van der Waals surface area contributed by atoms with Crippen LogP contribution in [0.25, 0.3) is 0 Å². The number of benzene rings is 1. The molecule has 0 spiro atoms. The van der Waals surface area contributed by atoms with Crippen molar-refractivity contribution in [2.45, 2.75) is 6.42 Å². The molecular weight excluding hydrogens is 384 g/mol. The molecule has 0 unspecified atom stereocenters. The number of fused-ring (bicyclic) bond motifs is 1. The highest BCUT2D eigenvalue weighted by Gasteiger charge is 2.34. The number of amides is 3. The van der Waals surface area contributed by atoms with Gasteiger partial charge in [-0.2, -0.15) is 5.10 Å². The van der Waals surface area contributed by atoms with E-state index in [9.17, 15) is 19.2 Å². The number of H-pyrrole nitrogens is 1. The lowest BCUT2D eigenvalue weighted by Crippen LogP contribution is -2.31. The third-order valence-corrected chi connectivity index (χ3v) is 4.92. The van der Waals surface area contributed by atoms with Crippen LogP contribution in [0.3, 0.4) is 0 Å². The van der Waals surface area contributed by atoms with E-state index in [0.717, 1.165) is 11.3 Å². The molecule has 1 aliphatic heterocycles. The SMILES string of the molecule is O=C(Nc1nnc(CCN2C(=O)c3ccccc3C2=O)s1)c1ccc(=O)[nH]n1. The zero-order chi connectivity index (χ0) is 19.7. The summed E-state index contributed by atoms with van der Waals surface area (Å²) in [7, 11) is 0. The number of hydrogen-bond donors (Lipinski definition) is 2. The summed E-state index contributed by atoms with van der Waals surface area (Å²) in [5.74, 6) is -1.20. The lowest BCUT2D eigenvalue weighted by Gasteiger charge is -2.12. The third-order valence-electron chi connectivity index (χ3n) is 4.03. The Morgan fingerprint density at radius 1 is 1.04 bits per heavy atom. The highest BCUT2D eigenvalue weighted by molar-refractivity contribution is 7.15. The van der Waals surface area contributed by atoms with Crippen LogP contribution in [0, 0.1) is 0 Å². The first-order valence-corrected chi connectivity index (χ1v) is 8.99. The van der Waals surface area contributed by atoms with E-state index in [0.29, 0.717) is 22.6 Å². The van der Waals surface area contributed by atoms with Crippen molar-refractivity contribution in [3.05, 3.63) is 68.6 Å². The number of rotatable bonds is 5. The quantitative estimate of drug-likeness (QED) is 0.606. The van der Waals surface area contributed by atoms with Crippen molar-refractivity contribution in [2.75, 3.05) is 11.9 Å². The highest BCUT2D eigenvalue weighted by Crippen LogP contribution is 2.23. The van der Waals surface area contributed by atoms with E-state index in [1.807, 2.05) is 0 Å². The summed E-state index contributed by atoms with van der Waals surface area (Å²) in [4.78, 5) is 48.9. The summed E-state index contributed by atoms with van der Waals surface area (Å²) in [5.41, 5.74) is 0.405. The van der Waals surface area contributed by atoms with Crippen LogP contribution >= 0.6 is 11.3 Å². The lowest BCUT2D eigenvalue weighted by atomic mass is 10.1. The molecule has 0 saturated heterocycles. The minimum absolute atomic E-state index is 0.0300. The largest absolute Gasteiger partial charge is 0.295 e. The van der Waals surface area contributed by atoms with Gasteiger partial charge in [-0.3, -0.25) is 29.4 Å². The standard InChI is InChI=1S/C17H12N6O4S/c24-12-6-5-11(19-20-12)14(25)18-17-22-21-13(28-17)7-8-23-15(26)9-3-1-2-4-10(9)16(23)27/h1-6H,7-8H2,(H,20,24)(H,18,22,25). The zero-order valence-corrected chi connectivity index (χ0v) is 15.0. The number of imide groups is 1. The molecule has 0 atom stereocenters. The van der Waals surface area contributed by atoms with Crippen LogP contribution in [-0.2, 0) is 6.42 Å². The molecule has 11 heteroatoms. The molecule has 3 aromatic rings. The van der Waals surface area contributed by atoms with E-state index < -0.39 is 11.5 Å². The number of anilines is 1. The molecule has 0 fully saturated rings. The van der Waals surface area contributed by atoms with Crippen molar-refractivity contribution in [2.24, 2.45) is 0 Å². The minimum Gasteiger partial charge on any atom is -0.295 e. The molecule has 0 aliphatic carbocycles. The molecule has 1 aliphatic rings. The number of nitrogens with one attached hydrogen (secondary N) is 2. The summed E-state index contributed by atoms with van der Waals surface area (Å²) < 4.78 is 0. The van der Waals surface area contributed by atoms with Gasteiger partial charge in [-0.1, -0.05) is 23.5 Å². The van der Waals surface area contributed by atoms with Crippen LogP contribution < -0.4 is 10.9 Å². The molecule has 0 saturated carbocycles. The summed E-state index contributed by atoms with van der Waals surface area (Å²) in [6, 6.07) is 9.15. The molecule has 1 aromatic carbocycles. The predicted octanol–water partition coefficient (Wildman–Crippen LogP) is 0.712. The normalized spacial score (nSPS) is 12.9. The van der Waals surface area contributed by atoms with Crippen LogP contribution in [0.1, 0.15) is 36.2 Å². The molecule has 3 amide bonds. The van der Waals surface area contributed by atoms with Gasteiger partial charge in [0.25, 0.3) is 23.3 Å². The summed E-state index contributed by atoms with van der Waals surface area (Å²) in [6.45, 7) is 0.163. The number of aromatic nitrogens is 4. The van der Waals surface area contributed by atoms with E-state index in [2.05, 4.69) is 25.7 Å². The topological polar surface area (TPSA) is 138 Å². The number of carbonyl (C=O) groups is 3. The van der Waals surface area contributed by atoms with Crippen LogP contribution in [-0.4, -0.2) is 49.6 Å². The molecule has 4 rings (SSSR count). The lowest BCUT2D eigenvalue weighted by molar-refractivity contribution is 0.0655. The van der Waals surface area contributed by atoms with Gasteiger partial charge in [0.15, 0.2) is 0 Å². The maximum atomic E-state index is 12.3. The molecule has 3 heterocycles. The fourth-order valence-corrected chi connectivity index (χ4v) is 3.41. The van der Waals surface area contributed by atoms with Gasteiger partial charge >= 0.3 is 0 Å². The molecular formula is C17H12N6O4S. The first-order valence-electron chi connectivity index (χ1n) is 8.17. The number of aromatic amines is 1. The van der Waals surface area contributed by atoms with Crippen molar-refractivity contribution in [3.8, 4) is 0 Å². The van der Waals surface area contributed by atoms with E-state index in [1.54, 1.807) is 24.3 Å². The third kappa shape index (κ3) is 3.30. The van der Waals surface area contributed by atoms with Gasteiger partial charge in [-0.25, -0.2) is 5.10 Å². The second-order valence-electron chi connectivity index (χ2n) is 5.82. The first kappa shape index (κ1) is 17.7. The molecule has 0 bridgehead atoms. The monoisotopic (exact) mass is 396 g/mol. The minimum atomic E-state index is -0.542. The van der Waals surface area contributed by atoms with Gasteiger partial charge in [0.05, 0.1) is 11.1 Å². The zero-order valence-electron chi connectivity index (χ0n) is 14.2. The van der Waals surface area contributed by atoms with E-state index >= 15 is 0 Å². The van der Waals surface area contributed by atoms with Crippen molar-refractivity contribution < 1.29 is 14.4 Å². The van der Waals surface area contributed by atoms with Crippen molar-refractivity contribution in [1.82, 2.24) is 25.3 Å². The Hall–Kier alpha value is -3.73. The second-order valence-corrected chi connectivity index (χ2v) is 6.88. The predicted molar refractivity (Wildman–Crippen MR) is 98.2 cm³/mol. The van der Waals surface area contributed by atoms with Gasteiger partial charge in [0.2, 0.25) is 5.13 Å². The van der Waals surface area contributed by atoms with Crippen molar-refractivity contribution >= 4 is 34.2 Å². The molecule has 2 N–H and O–H groups in total. The fraction of sp³-hybridized carbons (Fsp3) is 0.118. The van der Waals surface area contributed by atoms with Gasteiger partial charge in [-0.15, -0.1) is 10.2 Å². The van der Waals surface area contributed by atoms with Crippen molar-refractivity contribution in [3.63, 3.8) is 0 Å². The molecule has 140 valence electrons. The Morgan fingerprint density at radius 3 is 2.39 bits per heavy atom. The van der Waals surface area contributed by atoms with Gasteiger partial charge in [-0.05, 0) is 18.2 Å². The van der Waals surface area contributed by atoms with Crippen LogP contribution in [0.2, 0.25) is 0 Å². The maximum absolute atomic E-state index is 12.3.